The summed E-state index contributed by atoms with van der Waals surface area (Å²) < 4.78 is 42.3. The van der Waals surface area contributed by atoms with E-state index < -0.39 is 24.7 Å². The molecule has 1 unspecified atom stereocenters. The minimum atomic E-state index is -4.36. The van der Waals surface area contributed by atoms with Crippen molar-refractivity contribution in [1.29, 1.82) is 0 Å². The number of ether oxygens (including phenoxy) is 1. The molecule has 1 saturated heterocycles. The van der Waals surface area contributed by atoms with Crippen molar-refractivity contribution < 1.29 is 22.7 Å². The molecule has 18 heavy (non-hydrogen) atoms. The number of hydrogen-bond donors (Lipinski definition) is 1. The second-order valence-corrected chi connectivity index (χ2v) is 4.31. The monoisotopic (exact) mass is 268 g/mol. The Hall–Kier alpha value is -0.820. The van der Waals surface area contributed by atoms with E-state index in [4.69, 9.17) is 4.74 Å². The van der Waals surface area contributed by atoms with Crippen molar-refractivity contribution in [3.63, 3.8) is 0 Å². The summed E-state index contributed by atoms with van der Waals surface area (Å²) in [5.41, 5.74) is 0. The largest absolute Gasteiger partial charge is 0.406 e. The number of alkyl halides is 3. The van der Waals surface area contributed by atoms with Gasteiger partial charge >= 0.3 is 6.18 Å². The van der Waals surface area contributed by atoms with Gasteiger partial charge in [0.1, 0.15) is 12.6 Å². The molecule has 0 aromatic carbocycles. The third-order valence-electron chi connectivity index (χ3n) is 2.68. The molecule has 4 nitrogen and oxygen atoms in total. The van der Waals surface area contributed by atoms with E-state index in [1.54, 1.807) is 0 Å². The fourth-order valence-corrected chi connectivity index (χ4v) is 1.78. The number of nitrogens with zero attached hydrogens (tertiary/aromatic N) is 1. The van der Waals surface area contributed by atoms with Crippen LogP contribution in [0.15, 0.2) is 0 Å². The van der Waals surface area contributed by atoms with Gasteiger partial charge in [0.05, 0.1) is 13.2 Å². The Balaban J connectivity index is 2.59. The molecule has 106 valence electrons. The Kier molecular flexibility index (Phi) is 5.87. The van der Waals surface area contributed by atoms with Crippen molar-refractivity contribution in [3.05, 3.63) is 0 Å². The molecule has 1 fully saturated rings. The number of rotatable bonds is 5. The highest BCUT2D eigenvalue weighted by Crippen LogP contribution is 2.17. The van der Waals surface area contributed by atoms with Crippen LogP contribution in [-0.4, -0.2) is 55.9 Å². The lowest BCUT2D eigenvalue weighted by Crippen LogP contribution is -2.54. The molecule has 0 aliphatic carbocycles. The maximum absolute atomic E-state index is 12.4. The molecule has 0 radical (unpaired) electrons. The number of unbranched alkanes of at least 4 members (excludes halogenated alkanes) is 1. The summed E-state index contributed by atoms with van der Waals surface area (Å²) >= 11 is 0. The number of nitrogens with one attached hydrogen (secondary N) is 1. The fraction of sp³-hybridized carbons (Fsp3) is 0.909. The Bertz CT molecular complexity index is 266. The van der Waals surface area contributed by atoms with Gasteiger partial charge in [-0.15, -0.1) is 0 Å². The van der Waals surface area contributed by atoms with Crippen LogP contribution in [-0.2, 0) is 9.53 Å². The van der Waals surface area contributed by atoms with Gasteiger partial charge in [-0.05, 0) is 6.42 Å². The van der Waals surface area contributed by atoms with Gasteiger partial charge in [-0.3, -0.25) is 4.79 Å². The fourth-order valence-electron chi connectivity index (χ4n) is 1.78. The van der Waals surface area contributed by atoms with Gasteiger partial charge < -0.3 is 15.0 Å². The predicted molar refractivity (Wildman–Crippen MR) is 60.2 cm³/mol. The maximum Gasteiger partial charge on any atom is 0.406 e. The quantitative estimate of drug-likeness (QED) is 0.813. The standard InChI is InChI=1S/C11H19F3N2O2/c1-2-3-5-16(8-11(12,13)14)10(17)9-7-18-6-4-15-9/h9,15H,2-8H2,1H3. The van der Waals surface area contributed by atoms with Crippen LogP contribution in [0.1, 0.15) is 19.8 Å². The van der Waals surface area contributed by atoms with Gasteiger partial charge in [0, 0.05) is 13.1 Å². The van der Waals surface area contributed by atoms with Crippen LogP contribution in [0.25, 0.3) is 0 Å². The molecule has 1 atom stereocenters. The highest BCUT2D eigenvalue weighted by atomic mass is 19.4. The van der Waals surface area contributed by atoms with Gasteiger partial charge in [0.25, 0.3) is 0 Å². The zero-order chi connectivity index (χ0) is 13.6. The molecule has 7 heteroatoms. The summed E-state index contributed by atoms with van der Waals surface area (Å²) in [4.78, 5) is 12.8. The summed E-state index contributed by atoms with van der Waals surface area (Å²) in [7, 11) is 0. The Morgan fingerprint density at radius 2 is 2.22 bits per heavy atom. The Labute approximate surface area is 104 Å². The maximum atomic E-state index is 12.4. The van der Waals surface area contributed by atoms with E-state index in [0.29, 0.717) is 19.6 Å². The predicted octanol–water partition coefficient (Wildman–Crippen LogP) is 1.17. The minimum absolute atomic E-state index is 0.132. The van der Waals surface area contributed by atoms with Crippen LogP contribution < -0.4 is 5.32 Å². The van der Waals surface area contributed by atoms with E-state index in [2.05, 4.69) is 5.32 Å². The van der Waals surface area contributed by atoms with Crippen molar-refractivity contribution in [2.45, 2.75) is 32.0 Å². The van der Waals surface area contributed by atoms with Crippen molar-refractivity contribution in [1.82, 2.24) is 10.2 Å². The topological polar surface area (TPSA) is 41.6 Å². The summed E-state index contributed by atoms with van der Waals surface area (Å²) in [6.07, 6.45) is -3.05. The first-order valence-corrected chi connectivity index (χ1v) is 6.10. The normalized spacial score (nSPS) is 20.8. The van der Waals surface area contributed by atoms with Gasteiger partial charge in [-0.2, -0.15) is 13.2 Å². The number of carbonyl (C=O) groups is 1. The molecular weight excluding hydrogens is 249 g/mol. The van der Waals surface area contributed by atoms with Crippen molar-refractivity contribution in [3.8, 4) is 0 Å². The number of amides is 1. The zero-order valence-electron chi connectivity index (χ0n) is 10.4. The summed E-state index contributed by atoms with van der Waals surface area (Å²) in [5, 5.41) is 2.88. The molecule has 0 saturated carbocycles. The average Bonchev–Trinajstić information content (AvgIpc) is 2.33. The van der Waals surface area contributed by atoms with E-state index in [1.165, 1.54) is 0 Å². The lowest BCUT2D eigenvalue weighted by molar-refractivity contribution is -0.164. The second-order valence-electron chi connectivity index (χ2n) is 4.31. The van der Waals surface area contributed by atoms with E-state index in [-0.39, 0.29) is 13.2 Å². The third kappa shape index (κ3) is 5.22. The van der Waals surface area contributed by atoms with Crippen LogP contribution in [0.3, 0.4) is 0 Å². The third-order valence-corrected chi connectivity index (χ3v) is 2.68. The van der Waals surface area contributed by atoms with E-state index >= 15 is 0 Å². The molecular formula is C11H19F3N2O2. The van der Waals surface area contributed by atoms with Crippen LogP contribution >= 0.6 is 0 Å². The molecule has 1 amide bonds. The number of hydrogen-bond acceptors (Lipinski definition) is 3. The summed E-state index contributed by atoms with van der Waals surface area (Å²) in [6.45, 7) is 1.93. The molecule has 1 heterocycles. The highest BCUT2D eigenvalue weighted by molar-refractivity contribution is 5.82. The van der Waals surface area contributed by atoms with Gasteiger partial charge in [0.2, 0.25) is 5.91 Å². The highest BCUT2D eigenvalue weighted by Gasteiger charge is 2.35. The molecule has 0 aromatic rings. The number of halogens is 3. The first kappa shape index (κ1) is 15.2. The van der Waals surface area contributed by atoms with E-state index in [9.17, 15) is 18.0 Å². The molecule has 1 N–H and O–H groups in total. The molecule has 0 bridgehead atoms. The molecule has 0 spiro atoms. The van der Waals surface area contributed by atoms with Crippen LogP contribution in [0.2, 0.25) is 0 Å². The number of morpholine rings is 1. The molecule has 1 rings (SSSR count). The Morgan fingerprint density at radius 3 is 2.72 bits per heavy atom. The van der Waals surface area contributed by atoms with E-state index in [0.717, 1.165) is 11.3 Å². The van der Waals surface area contributed by atoms with Gasteiger partial charge in [-0.1, -0.05) is 13.3 Å². The summed E-state index contributed by atoms with van der Waals surface area (Å²) in [6, 6.07) is -0.655. The van der Waals surface area contributed by atoms with Gasteiger partial charge in [-0.25, -0.2) is 0 Å². The molecule has 1 aliphatic heterocycles. The zero-order valence-corrected chi connectivity index (χ0v) is 10.4. The minimum Gasteiger partial charge on any atom is -0.378 e. The van der Waals surface area contributed by atoms with Crippen LogP contribution in [0.5, 0.6) is 0 Å². The lowest BCUT2D eigenvalue weighted by atomic mass is 10.2. The smallest absolute Gasteiger partial charge is 0.378 e. The average molecular weight is 268 g/mol. The SMILES string of the molecule is CCCCN(CC(F)(F)F)C(=O)C1COCCN1. The van der Waals surface area contributed by atoms with E-state index in [1.807, 2.05) is 6.92 Å². The molecule has 1 aliphatic rings. The van der Waals surface area contributed by atoms with Crippen LogP contribution in [0, 0.1) is 0 Å². The summed E-state index contributed by atoms with van der Waals surface area (Å²) in [5.74, 6) is -0.527. The van der Waals surface area contributed by atoms with Crippen molar-refractivity contribution >= 4 is 5.91 Å². The Morgan fingerprint density at radius 1 is 1.50 bits per heavy atom. The van der Waals surface area contributed by atoms with Gasteiger partial charge in [0.15, 0.2) is 0 Å². The van der Waals surface area contributed by atoms with Crippen molar-refractivity contribution in [2.24, 2.45) is 0 Å². The van der Waals surface area contributed by atoms with Crippen molar-refractivity contribution in [2.75, 3.05) is 32.8 Å². The second kappa shape index (κ2) is 6.94. The molecule has 0 aromatic heterocycles. The lowest BCUT2D eigenvalue weighted by Gasteiger charge is -2.30. The first-order chi connectivity index (χ1) is 8.44. The van der Waals surface area contributed by atoms with Crippen LogP contribution in [0.4, 0.5) is 13.2 Å². The first-order valence-electron chi connectivity index (χ1n) is 6.10. The number of carbonyl (C=O) groups excluding carboxylic acids is 1.